The van der Waals surface area contributed by atoms with E-state index in [0.717, 1.165) is 63.6 Å². The van der Waals surface area contributed by atoms with E-state index in [0.29, 0.717) is 5.15 Å². The van der Waals surface area contributed by atoms with Gasteiger partial charge < -0.3 is 15.4 Å². The average molecular weight is 465 g/mol. The van der Waals surface area contributed by atoms with Crippen molar-refractivity contribution in [2.75, 3.05) is 32.8 Å². The molecule has 1 aliphatic rings. The molecule has 0 radical (unpaired) electrons. The van der Waals surface area contributed by atoms with Crippen LogP contribution in [0, 0.1) is 0 Å². The molecular formula is C17H26ClIN4O. The number of rotatable bonds is 7. The van der Waals surface area contributed by atoms with Crippen LogP contribution >= 0.6 is 35.6 Å². The molecule has 0 aliphatic carbocycles. The van der Waals surface area contributed by atoms with E-state index >= 15 is 0 Å². The fourth-order valence-corrected chi connectivity index (χ4v) is 2.44. The first-order valence-electron chi connectivity index (χ1n) is 8.16. The molecule has 0 unspecified atom stereocenters. The van der Waals surface area contributed by atoms with Gasteiger partial charge in [0.05, 0.1) is 13.2 Å². The first-order valence-corrected chi connectivity index (χ1v) is 8.54. The third-order valence-corrected chi connectivity index (χ3v) is 3.82. The third kappa shape index (κ3) is 8.30. The summed E-state index contributed by atoms with van der Waals surface area (Å²) in [6.45, 7) is 6.11. The highest BCUT2D eigenvalue weighted by atomic mass is 127. The Bertz CT molecular complexity index is 534. The van der Waals surface area contributed by atoms with E-state index in [1.165, 1.54) is 5.57 Å². The van der Waals surface area contributed by atoms with Crippen LogP contribution in [0.4, 0.5) is 0 Å². The minimum absolute atomic E-state index is 0. The van der Waals surface area contributed by atoms with Crippen LogP contribution in [0.3, 0.4) is 0 Å². The predicted molar refractivity (Wildman–Crippen MR) is 110 cm³/mol. The first-order chi connectivity index (χ1) is 11.3. The van der Waals surface area contributed by atoms with Crippen molar-refractivity contribution >= 4 is 41.5 Å². The molecule has 0 atom stereocenters. The predicted octanol–water partition coefficient (Wildman–Crippen LogP) is 3.19. The highest BCUT2D eigenvalue weighted by Gasteiger charge is 2.03. The molecule has 0 aromatic carbocycles. The van der Waals surface area contributed by atoms with Gasteiger partial charge in [-0.15, -0.1) is 24.0 Å². The summed E-state index contributed by atoms with van der Waals surface area (Å²) in [6, 6.07) is 3.82. The Morgan fingerprint density at radius 2 is 2.21 bits per heavy atom. The monoisotopic (exact) mass is 464 g/mol. The number of guanidine groups is 1. The van der Waals surface area contributed by atoms with Crippen molar-refractivity contribution in [2.45, 2.75) is 26.2 Å². The van der Waals surface area contributed by atoms with Crippen LogP contribution in [0.1, 0.15) is 25.3 Å². The summed E-state index contributed by atoms with van der Waals surface area (Å²) in [5.74, 6) is 0.863. The number of nitrogens with zero attached hydrogens (tertiary/aromatic N) is 2. The molecule has 0 saturated heterocycles. The maximum Gasteiger partial charge on any atom is 0.191 e. The van der Waals surface area contributed by atoms with Gasteiger partial charge in [0.2, 0.25) is 0 Å². The zero-order valence-corrected chi connectivity index (χ0v) is 17.1. The van der Waals surface area contributed by atoms with Gasteiger partial charge in [-0.1, -0.05) is 29.3 Å². The topological polar surface area (TPSA) is 58.5 Å². The summed E-state index contributed by atoms with van der Waals surface area (Å²) in [7, 11) is 0. The molecule has 7 heteroatoms. The van der Waals surface area contributed by atoms with Crippen LogP contribution in [0.5, 0.6) is 0 Å². The van der Waals surface area contributed by atoms with E-state index in [1.54, 1.807) is 0 Å². The van der Waals surface area contributed by atoms with Crippen molar-refractivity contribution in [1.29, 1.82) is 0 Å². The zero-order valence-electron chi connectivity index (χ0n) is 14.1. The standard InChI is InChI=1S/C17H25ClN4O.HI/c1-2-19-17(20-9-5-14-7-11-23-12-8-14)21-10-6-15-3-4-16(18)22-13-15;/h3-4,7,13H,2,5-6,8-12H2,1H3,(H2,19,20,21);1H. The fraction of sp³-hybridized carbons (Fsp3) is 0.529. The van der Waals surface area contributed by atoms with Gasteiger partial charge in [0.1, 0.15) is 5.15 Å². The number of hydrogen-bond donors (Lipinski definition) is 2. The molecule has 2 N–H and O–H groups in total. The molecule has 24 heavy (non-hydrogen) atoms. The second-order valence-corrected chi connectivity index (χ2v) is 5.75. The molecule has 5 nitrogen and oxygen atoms in total. The minimum Gasteiger partial charge on any atom is -0.377 e. The van der Waals surface area contributed by atoms with Gasteiger partial charge in [-0.2, -0.15) is 0 Å². The zero-order chi connectivity index (χ0) is 16.3. The Kier molecular flexibility index (Phi) is 11.0. The summed E-state index contributed by atoms with van der Waals surface area (Å²) in [5.41, 5.74) is 2.60. The summed E-state index contributed by atoms with van der Waals surface area (Å²) >= 11 is 5.79. The third-order valence-electron chi connectivity index (χ3n) is 3.60. The van der Waals surface area contributed by atoms with Crippen molar-refractivity contribution in [3.05, 3.63) is 40.7 Å². The number of aliphatic imine (C=N–C) groups is 1. The Morgan fingerprint density at radius 1 is 1.33 bits per heavy atom. The second kappa shape index (κ2) is 12.5. The quantitative estimate of drug-likeness (QED) is 0.214. The fourth-order valence-electron chi connectivity index (χ4n) is 2.33. The molecule has 134 valence electrons. The van der Waals surface area contributed by atoms with Crippen LogP contribution in [0.2, 0.25) is 5.15 Å². The number of nitrogens with one attached hydrogen (secondary N) is 2. The number of pyridine rings is 1. The molecular weight excluding hydrogens is 439 g/mol. The molecule has 0 amide bonds. The van der Waals surface area contributed by atoms with E-state index in [1.807, 2.05) is 18.3 Å². The van der Waals surface area contributed by atoms with Gasteiger partial charge in [0, 0.05) is 25.8 Å². The number of halogens is 2. The van der Waals surface area contributed by atoms with Crippen molar-refractivity contribution in [2.24, 2.45) is 4.99 Å². The van der Waals surface area contributed by atoms with Gasteiger partial charge in [-0.25, -0.2) is 4.98 Å². The van der Waals surface area contributed by atoms with Crippen LogP contribution in [0.15, 0.2) is 35.0 Å². The van der Waals surface area contributed by atoms with Crippen molar-refractivity contribution in [3.63, 3.8) is 0 Å². The number of ether oxygens (including phenoxy) is 1. The van der Waals surface area contributed by atoms with E-state index in [4.69, 9.17) is 16.3 Å². The second-order valence-electron chi connectivity index (χ2n) is 5.36. The average Bonchev–Trinajstić information content (AvgIpc) is 2.58. The van der Waals surface area contributed by atoms with E-state index in [-0.39, 0.29) is 24.0 Å². The maximum atomic E-state index is 5.79. The Morgan fingerprint density at radius 3 is 2.88 bits per heavy atom. The van der Waals surface area contributed by atoms with Crippen molar-refractivity contribution < 1.29 is 4.74 Å². The van der Waals surface area contributed by atoms with Gasteiger partial charge in [0.15, 0.2) is 5.96 Å². The van der Waals surface area contributed by atoms with E-state index in [2.05, 4.69) is 33.6 Å². The van der Waals surface area contributed by atoms with Crippen LogP contribution in [-0.2, 0) is 11.2 Å². The summed E-state index contributed by atoms with van der Waals surface area (Å²) in [5, 5.41) is 7.16. The lowest BCUT2D eigenvalue weighted by Gasteiger charge is -2.14. The van der Waals surface area contributed by atoms with Gasteiger partial charge in [-0.3, -0.25) is 4.99 Å². The number of aromatic nitrogens is 1. The molecule has 0 bridgehead atoms. The molecule has 0 fully saturated rings. The van der Waals surface area contributed by atoms with Crippen molar-refractivity contribution in [1.82, 2.24) is 15.6 Å². The smallest absolute Gasteiger partial charge is 0.191 e. The Hall–Kier alpha value is -0.860. The molecule has 1 aliphatic heterocycles. The number of hydrogen-bond acceptors (Lipinski definition) is 3. The summed E-state index contributed by atoms with van der Waals surface area (Å²) in [6.07, 6.45) is 6.90. The molecule has 1 aromatic heterocycles. The lowest BCUT2D eigenvalue weighted by molar-refractivity contribution is 0.153. The van der Waals surface area contributed by atoms with Gasteiger partial charge in [0.25, 0.3) is 0 Å². The van der Waals surface area contributed by atoms with Crippen molar-refractivity contribution in [3.8, 4) is 0 Å². The van der Waals surface area contributed by atoms with Crippen LogP contribution in [0.25, 0.3) is 0 Å². The largest absolute Gasteiger partial charge is 0.377 e. The minimum atomic E-state index is 0. The Balaban J connectivity index is 0.00000288. The van der Waals surface area contributed by atoms with Gasteiger partial charge >= 0.3 is 0 Å². The first kappa shape index (κ1) is 21.2. The van der Waals surface area contributed by atoms with Crippen LogP contribution < -0.4 is 10.6 Å². The summed E-state index contributed by atoms with van der Waals surface area (Å²) < 4.78 is 5.32. The van der Waals surface area contributed by atoms with Crippen LogP contribution in [-0.4, -0.2) is 43.8 Å². The maximum absolute atomic E-state index is 5.79. The molecule has 2 heterocycles. The lowest BCUT2D eigenvalue weighted by atomic mass is 10.1. The van der Waals surface area contributed by atoms with Gasteiger partial charge in [-0.05, 0) is 37.8 Å². The lowest BCUT2D eigenvalue weighted by Crippen LogP contribution is -2.38. The normalized spacial score (nSPS) is 14.6. The highest BCUT2D eigenvalue weighted by molar-refractivity contribution is 14.0. The SMILES string of the molecule is CCNC(=NCCC1=CCOCC1)NCCc1ccc(Cl)nc1.I. The Labute approximate surface area is 166 Å². The van der Waals surface area contributed by atoms with E-state index in [9.17, 15) is 0 Å². The highest BCUT2D eigenvalue weighted by Crippen LogP contribution is 2.11. The molecule has 0 spiro atoms. The van der Waals surface area contributed by atoms with E-state index < -0.39 is 0 Å². The molecule has 2 rings (SSSR count). The molecule has 1 aromatic rings. The summed E-state index contributed by atoms with van der Waals surface area (Å²) in [4.78, 5) is 8.72. The molecule has 0 saturated carbocycles.